The molecule has 2 N–H and O–H groups in total. The molecule has 0 atom stereocenters. The largest absolute Gasteiger partial charge is 0.478 e. The second kappa shape index (κ2) is 6.84. The van der Waals surface area contributed by atoms with Crippen molar-refractivity contribution < 1.29 is 22.7 Å². The zero-order valence-electron chi connectivity index (χ0n) is 15.4. The van der Waals surface area contributed by atoms with Crippen molar-refractivity contribution in [3.05, 3.63) is 64.2 Å². The lowest BCUT2D eigenvalue weighted by molar-refractivity contribution is -0.125. The van der Waals surface area contributed by atoms with Crippen LogP contribution in [0.3, 0.4) is 0 Å². The average molecular weight is 420 g/mol. The highest BCUT2D eigenvalue weighted by Gasteiger charge is 2.43. The first-order valence-corrected chi connectivity index (χ1v) is 10.3. The van der Waals surface area contributed by atoms with Crippen molar-refractivity contribution in [2.24, 2.45) is 5.14 Å². The number of ketones is 2. The van der Waals surface area contributed by atoms with Gasteiger partial charge in [0.05, 0.1) is 15.5 Å². The number of ether oxygens (including phenoxy) is 1. The van der Waals surface area contributed by atoms with Crippen LogP contribution < -0.4 is 5.14 Å². The van der Waals surface area contributed by atoms with Crippen LogP contribution in [-0.2, 0) is 19.6 Å². The number of carbonyl (C=O) groups excluding carboxylic acids is 2. The van der Waals surface area contributed by atoms with Gasteiger partial charge in [-0.1, -0.05) is 17.7 Å². The Morgan fingerprint density at radius 1 is 1.07 bits per heavy atom. The zero-order chi connectivity index (χ0) is 20.9. The van der Waals surface area contributed by atoms with Crippen molar-refractivity contribution in [1.82, 2.24) is 0 Å². The fraction of sp³-hybridized carbons (Fsp3) is 0.200. The molecule has 1 aliphatic heterocycles. The molecule has 1 heterocycles. The first-order chi connectivity index (χ1) is 12.9. The highest BCUT2D eigenvalue weighted by Crippen LogP contribution is 2.42. The van der Waals surface area contributed by atoms with Gasteiger partial charge in [0.2, 0.25) is 15.8 Å². The average Bonchev–Trinajstić information content (AvgIpc) is 2.84. The van der Waals surface area contributed by atoms with Crippen LogP contribution in [0.25, 0.3) is 11.3 Å². The third-order valence-electron chi connectivity index (χ3n) is 4.44. The third kappa shape index (κ3) is 3.61. The van der Waals surface area contributed by atoms with Gasteiger partial charge in [0.25, 0.3) is 0 Å². The molecule has 0 spiro atoms. The van der Waals surface area contributed by atoms with E-state index in [4.69, 9.17) is 21.5 Å². The summed E-state index contributed by atoms with van der Waals surface area (Å²) >= 11 is 6.21. The van der Waals surface area contributed by atoms with Crippen molar-refractivity contribution in [1.29, 1.82) is 0 Å². The van der Waals surface area contributed by atoms with Crippen LogP contribution >= 0.6 is 11.6 Å². The van der Waals surface area contributed by atoms with E-state index in [2.05, 4.69) is 0 Å². The summed E-state index contributed by atoms with van der Waals surface area (Å²) in [7, 11) is -3.83. The van der Waals surface area contributed by atoms with Crippen LogP contribution in [0.2, 0.25) is 5.02 Å². The number of hydrogen-bond acceptors (Lipinski definition) is 5. The van der Waals surface area contributed by atoms with Gasteiger partial charge in [-0.05, 0) is 62.7 Å². The summed E-state index contributed by atoms with van der Waals surface area (Å²) in [6, 6.07) is 10.5. The number of carbonyl (C=O) groups is 2. The number of nitrogens with two attached hydrogens (primary N) is 1. The van der Waals surface area contributed by atoms with Gasteiger partial charge in [-0.2, -0.15) is 0 Å². The van der Waals surface area contributed by atoms with E-state index in [9.17, 15) is 18.0 Å². The van der Waals surface area contributed by atoms with E-state index in [-0.39, 0.29) is 21.5 Å². The lowest BCUT2D eigenvalue weighted by atomic mass is 9.92. The fourth-order valence-electron chi connectivity index (χ4n) is 2.97. The molecular weight excluding hydrogens is 402 g/mol. The van der Waals surface area contributed by atoms with Gasteiger partial charge in [0.1, 0.15) is 5.76 Å². The molecule has 1 aliphatic rings. The molecule has 8 heteroatoms. The second-order valence-corrected chi connectivity index (χ2v) is 8.93. The summed E-state index contributed by atoms with van der Waals surface area (Å²) in [5.41, 5.74) is 0.597. The van der Waals surface area contributed by atoms with E-state index in [0.717, 1.165) is 0 Å². The number of rotatable bonds is 4. The quantitative estimate of drug-likeness (QED) is 0.764. The third-order valence-corrected chi connectivity index (χ3v) is 5.68. The predicted octanol–water partition coefficient (Wildman–Crippen LogP) is 3.44. The molecule has 0 radical (unpaired) electrons. The van der Waals surface area contributed by atoms with E-state index < -0.39 is 15.6 Å². The van der Waals surface area contributed by atoms with Crippen molar-refractivity contribution in [3.8, 4) is 0 Å². The van der Waals surface area contributed by atoms with Crippen molar-refractivity contribution in [2.45, 2.75) is 31.3 Å². The van der Waals surface area contributed by atoms with E-state index >= 15 is 0 Å². The van der Waals surface area contributed by atoms with Gasteiger partial charge in [0.15, 0.2) is 11.4 Å². The van der Waals surface area contributed by atoms with Crippen molar-refractivity contribution in [2.75, 3.05) is 0 Å². The van der Waals surface area contributed by atoms with Crippen molar-refractivity contribution in [3.63, 3.8) is 0 Å². The van der Waals surface area contributed by atoms with Gasteiger partial charge in [-0.15, -0.1) is 0 Å². The highest BCUT2D eigenvalue weighted by molar-refractivity contribution is 7.89. The molecule has 0 aliphatic carbocycles. The summed E-state index contributed by atoms with van der Waals surface area (Å²) in [6.07, 6.45) is 0. The number of benzene rings is 2. The molecule has 146 valence electrons. The summed E-state index contributed by atoms with van der Waals surface area (Å²) < 4.78 is 28.8. The number of hydrogen-bond donors (Lipinski definition) is 1. The molecule has 0 aromatic heterocycles. The van der Waals surface area contributed by atoms with Gasteiger partial charge in [-0.25, -0.2) is 13.6 Å². The molecule has 2 aromatic rings. The normalized spacial score (nSPS) is 16.2. The molecular formula is C20H18ClNO5S. The van der Waals surface area contributed by atoms with Gasteiger partial charge >= 0.3 is 0 Å². The van der Waals surface area contributed by atoms with Gasteiger partial charge in [0, 0.05) is 11.1 Å². The molecule has 3 rings (SSSR count). The zero-order valence-corrected chi connectivity index (χ0v) is 17.0. The summed E-state index contributed by atoms with van der Waals surface area (Å²) in [5, 5.41) is 5.37. The molecule has 2 aromatic carbocycles. The fourth-order valence-corrected chi connectivity index (χ4v) is 3.80. The van der Waals surface area contributed by atoms with Crippen LogP contribution in [0, 0.1) is 0 Å². The molecule has 6 nitrogen and oxygen atoms in total. The maximum atomic E-state index is 13.0. The first-order valence-electron chi connectivity index (χ1n) is 8.34. The Bertz CT molecular complexity index is 1130. The molecule has 0 saturated heterocycles. The summed E-state index contributed by atoms with van der Waals surface area (Å²) in [5.74, 6) is -0.120. The van der Waals surface area contributed by atoms with Crippen LogP contribution in [0.15, 0.2) is 47.4 Å². The minimum atomic E-state index is -3.83. The van der Waals surface area contributed by atoms with Gasteiger partial charge < -0.3 is 4.74 Å². The topological polar surface area (TPSA) is 104 Å². The lowest BCUT2D eigenvalue weighted by Gasteiger charge is -2.17. The highest BCUT2D eigenvalue weighted by atomic mass is 35.5. The van der Waals surface area contributed by atoms with Crippen LogP contribution in [0.1, 0.15) is 42.3 Å². The summed E-state index contributed by atoms with van der Waals surface area (Å²) in [6.45, 7) is 4.70. The Morgan fingerprint density at radius 2 is 1.64 bits per heavy atom. The minimum absolute atomic E-state index is 0.0455. The maximum Gasteiger partial charge on any atom is 0.238 e. The smallest absolute Gasteiger partial charge is 0.238 e. The van der Waals surface area contributed by atoms with Crippen LogP contribution in [0.5, 0.6) is 0 Å². The Morgan fingerprint density at radius 3 is 2.14 bits per heavy atom. The molecule has 0 bridgehead atoms. The second-order valence-electron chi connectivity index (χ2n) is 6.97. The van der Waals surface area contributed by atoms with Gasteiger partial charge in [-0.3, -0.25) is 9.59 Å². The Hall–Kier alpha value is -2.48. The van der Waals surface area contributed by atoms with Crippen LogP contribution in [-0.4, -0.2) is 25.6 Å². The molecule has 0 fully saturated rings. The number of Topliss-reactive ketones (excluding diaryl/α,β-unsaturated/α-hetero) is 2. The minimum Gasteiger partial charge on any atom is -0.478 e. The van der Waals surface area contributed by atoms with E-state index in [1.54, 1.807) is 32.0 Å². The van der Waals surface area contributed by atoms with E-state index in [0.29, 0.717) is 28.0 Å². The molecule has 0 unspecified atom stereocenters. The van der Waals surface area contributed by atoms with Crippen molar-refractivity contribution >= 4 is 44.5 Å². The number of sulfonamides is 1. The maximum absolute atomic E-state index is 13.0. The first kappa shape index (κ1) is 20.3. The summed E-state index contributed by atoms with van der Waals surface area (Å²) in [4.78, 5) is 24.5. The SMILES string of the molecule is CC(=O)c1ccc(C2=C(c3ccc(S(N)(=O)=O)cc3)OC(C)(C)C2=O)cc1Cl. The lowest BCUT2D eigenvalue weighted by Crippen LogP contribution is -2.29. The Labute approximate surface area is 168 Å². The molecule has 0 amide bonds. The van der Waals surface area contributed by atoms with E-state index in [1.807, 2.05) is 0 Å². The standard InChI is InChI=1S/C20H18ClNO5S/c1-11(23)15-9-6-13(10-16(15)21)17-18(27-20(2,3)19(17)24)12-4-7-14(8-5-12)28(22,25)26/h4-10H,1-3H3,(H2,22,25,26). The predicted molar refractivity (Wildman–Crippen MR) is 106 cm³/mol. The monoisotopic (exact) mass is 419 g/mol. The molecule has 28 heavy (non-hydrogen) atoms. The van der Waals surface area contributed by atoms with Crippen LogP contribution in [0.4, 0.5) is 0 Å². The molecule has 0 saturated carbocycles. The number of primary sulfonamides is 1. The number of halogens is 1. The Balaban J connectivity index is 2.17. The Kier molecular flexibility index (Phi) is 4.95. The van der Waals surface area contributed by atoms with E-state index in [1.165, 1.54) is 31.2 Å².